The van der Waals surface area contributed by atoms with Gasteiger partial charge in [0.1, 0.15) is 0 Å². The number of halogens is 2. The second kappa shape index (κ2) is 9.83. The molecule has 1 aromatic heterocycles. The molecule has 0 aliphatic rings. The number of carbonyl (C=O) groups is 1. The monoisotopic (exact) mass is 463 g/mol. The predicted octanol–water partition coefficient (Wildman–Crippen LogP) is 5.32. The normalized spacial score (nSPS) is 13.3. The van der Waals surface area contributed by atoms with Gasteiger partial charge in [-0.3, -0.25) is 14.3 Å². The van der Waals surface area contributed by atoms with E-state index >= 15 is 0 Å². The Kier molecular flexibility index (Phi) is 7.41. The fourth-order valence-corrected chi connectivity index (χ4v) is 3.90. The molecule has 0 spiro atoms. The highest BCUT2D eigenvalue weighted by atomic mass is 35.5. The van der Waals surface area contributed by atoms with Gasteiger partial charge in [0, 0.05) is 21.4 Å². The van der Waals surface area contributed by atoms with Gasteiger partial charge < -0.3 is 5.32 Å². The van der Waals surface area contributed by atoms with Crippen LogP contribution in [-0.2, 0) is 4.79 Å². The van der Waals surface area contributed by atoms with Crippen LogP contribution in [0.4, 0.5) is 5.69 Å². The molecule has 9 heteroatoms. The molecule has 2 atom stereocenters. The topological polar surface area (TPSA) is 63.1 Å². The molecule has 158 valence electrons. The molecular weight excluding hydrogens is 441 g/mol. The molecule has 1 amide bonds. The van der Waals surface area contributed by atoms with Crippen LogP contribution < -0.4 is 5.32 Å². The van der Waals surface area contributed by atoms with E-state index in [1.807, 2.05) is 49.9 Å². The van der Waals surface area contributed by atoms with E-state index in [0.29, 0.717) is 20.9 Å². The maximum Gasteiger partial charge on any atom is 0.237 e. The first-order chi connectivity index (χ1) is 14.3. The summed E-state index contributed by atoms with van der Waals surface area (Å²) in [6.07, 6.45) is 0. The zero-order valence-electron chi connectivity index (χ0n) is 17.1. The fourth-order valence-electron chi connectivity index (χ4n) is 2.71. The van der Waals surface area contributed by atoms with E-state index in [1.165, 1.54) is 11.8 Å². The van der Waals surface area contributed by atoms with E-state index in [0.717, 1.165) is 11.5 Å². The third-order valence-corrected chi connectivity index (χ3v) is 6.16. The van der Waals surface area contributed by atoms with Crippen molar-refractivity contribution in [2.24, 2.45) is 0 Å². The van der Waals surface area contributed by atoms with Gasteiger partial charge in [-0.15, -0.1) is 10.2 Å². The molecule has 0 saturated heterocycles. The van der Waals surface area contributed by atoms with Crippen LogP contribution in [0.1, 0.15) is 25.7 Å². The van der Waals surface area contributed by atoms with E-state index in [-0.39, 0.29) is 11.9 Å². The van der Waals surface area contributed by atoms with E-state index in [1.54, 1.807) is 24.3 Å². The van der Waals surface area contributed by atoms with E-state index in [9.17, 15) is 4.79 Å². The largest absolute Gasteiger partial charge is 0.325 e. The summed E-state index contributed by atoms with van der Waals surface area (Å²) in [7, 11) is 3.97. The lowest BCUT2D eigenvalue weighted by Gasteiger charge is -2.21. The van der Waals surface area contributed by atoms with Crippen molar-refractivity contribution >= 4 is 46.6 Å². The van der Waals surface area contributed by atoms with Gasteiger partial charge in [-0.25, -0.2) is 0 Å². The summed E-state index contributed by atoms with van der Waals surface area (Å²) in [5.74, 6) is 0.641. The van der Waals surface area contributed by atoms with Crippen molar-refractivity contribution in [2.45, 2.75) is 30.3 Å². The first-order valence-corrected chi connectivity index (χ1v) is 11.0. The molecule has 0 fully saturated rings. The number of aromatic nitrogens is 3. The van der Waals surface area contributed by atoms with Gasteiger partial charge in [0.05, 0.1) is 11.3 Å². The second-order valence-corrected chi connectivity index (χ2v) is 9.23. The molecular formula is C21H23Cl2N5OS. The molecule has 0 aliphatic carbocycles. The Labute approximate surface area is 190 Å². The number of amides is 1. The van der Waals surface area contributed by atoms with E-state index < -0.39 is 5.25 Å². The van der Waals surface area contributed by atoms with Crippen LogP contribution in [-0.4, -0.2) is 44.9 Å². The van der Waals surface area contributed by atoms with Crippen molar-refractivity contribution in [3.05, 3.63) is 64.4 Å². The molecule has 0 aliphatic heterocycles. The van der Waals surface area contributed by atoms with Gasteiger partial charge in [0.15, 0.2) is 11.0 Å². The Morgan fingerprint density at radius 2 is 1.77 bits per heavy atom. The number of rotatable bonds is 7. The number of thioether (sulfide) groups is 1. The molecule has 1 heterocycles. The average Bonchev–Trinajstić information content (AvgIpc) is 3.11. The number of nitrogens with one attached hydrogen (secondary N) is 1. The molecule has 0 bridgehead atoms. The van der Waals surface area contributed by atoms with Crippen LogP contribution in [0, 0.1) is 0 Å². The average molecular weight is 464 g/mol. The summed E-state index contributed by atoms with van der Waals surface area (Å²) in [5, 5.41) is 13.1. The zero-order chi connectivity index (χ0) is 21.8. The highest BCUT2D eigenvalue weighted by Gasteiger charge is 2.24. The number of benzene rings is 2. The number of anilines is 1. The first kappa shape index (κ1) is 22.6. The van der Waals surface area contributed by atoms with E-state index in [4.69, 9.17) is 23.2 Å². The van der Waals surface area contributed by atoms with Crippen LogP contribution >= 0.6 is 35.0 Å². The van der Waals surface area contributed by atoms with Gasteiger partial charge >= 0.3 is 0 Å². The highest BCUT2D eigenvalue weighted by Crippen LogP contribution is 2.30. The summed E-state index contributed by atoms with van der Waals surface area (Å²) in [5.41, 5.74) is 1.54. The molecule has 3 rings (SSSR count). The minimum Gasteiger partial charge on any atom is -0.325 e. The van der Waals surface area contributed by atoms with Crippen molar-refractivity contribution in [3.63, 3.8) is 0 Å². The molecule has 30 heavy (non-hydrogen) atoms. The Balaban J connectivity index is 1.87. The zero-order valence-corrected chi connectivity index (χ0v) is 19.5. The number of hydrogen-bond acceptors (Lipinski definition) is 5. The fraction of sp³-hybridized carbons (Fsp3) is 0.286. The number of carbonyl (C=O) groups excluding carboxylic acids is 1. The molecule has 1 N–H and O–H groups in total. The summed E-state index contributed by atoms with van der Waals surface area (Å²) in [4.78, 5) is 14.8. The van der Waals surface area contributed by atoms with Crippen LogP contribution in [0.3, 0.4) is 0 Å². The Morgan fingerprint density at radius 1 is 1.07 bits per heavy atom. The van der Waals surface area contributed by atoms with Gasteiger partial charge in [-0.2, -0.15) is 0 Å². The summed E-state index contributed by atoms with van der Waals surface area (Å²) in [6, 6.07) is 14.6. The minimum atomic E-state index is -0.401. The Hall–Kier alpha value is -2.06. The van der Waals surface area contributed by atoms with Gasteiger partial charge in [-0.05, 0) is 70.4 Å². The van der Waals surface area contributed by atoms with E-state index in [2.05, 4.69) is 27.3 Å². The minimum absolute atomic E-state index is 0.0260. The number of nitrogens with zero attached hydrogens (tertiary/aromatic N) is 4. The third-order valence-electron chi connectivity index (χ3n) is 4.64. The summed E-state index contributed by atoms with van der Waals surface area (Å²) in [6.45, 7) is 3.89. The van der Waals surface area contributed by atoms with Crippen molar-refractivity contribution in [2.75, 3.05) is 19.4 Å². The molecule has 0 saturated carbocycles. The standard InChI is InChI=1S/C21H23Cl2N5OS/c1-13(27(3)4)19-25-26-21(28(19)18-10-8-15(22)9-11-18)30-14(2)20(29)24-17-7-5-6-16(23)12-17/h5-14H,1-4H3,(H,24,29). The van der Waals surface area contributed by atoms with Crippen molar-refractivity contribution in [1.29, 1.82) is 0 Å². The smallest absolute Gasteiger partial charge is 0.237 e. The van der Waals surface area contributed by atoms with Crippen LogP contribution in [0.2, 0.25) is 10.0 Å². The van der Waals surface area contributed by atoms with Gasteiger partial charge in [0.2, 0.25) is 5.91 Å². The molecule has 0 radical (unpaired) electrons. The molecule has 2 aromatic carbocycles. The van der Waals surface area contributed by atoms with Crippen LogP contribution in [0.15, 0.2) is 53.7 Å². The SMILES string of the molecule is CC(Sc1nnc(C(C)N(C)C)n1-c1ccc(Cl)cc1)C(=O)Nc1cccc(Cl)c1. The first-order valence-electron chi connectivity index (χ1n) is 9.37. The van der Waals surface area contributed by atoms with Gasteiger partial charge in [-0.1, -0.05) is 41.0 Å². The molecule has 6 nitrogen and oxygen atoms in total. The Bertz CT molecular complexity index is 1020. The predicted molar refractivity (Wildman–Crippen MR) is 124 cm³/mol. The van der Waals surface area contributed by atoms with Crippen molar-refractivity contribution in [1.82, 2.24) is 19.7 Å². The van der Waals surface area contributed by atoms with Crippen molar-refractivity contribution < 1.29 is 4.79 Å². The van der Waals surface area contributed by atoms with Crippen LogP contribution in [0.25, 0.3) is 5.69 Å². The Morgan fingerprint density at radius 3 is 2.40 bits per heavy atom. The third kappa shape index (κ3) is 5.35. The quantitative estimate of drug-likeness (QED) is 0.480. The highest BCUT2D eigenvalue weighted by molar-refractivity contribution is 8.00. The maximum absolute atomic E-state index is 12.7. The number of hydrogen-bond donors (Lipinski definition) is 1. The van der Waals surface area contributed by atoms with Crippen molar-refractivity contribution in [3.8, 4) is 5.69 Å². The lowest BCUT2D eigenvalue weighted by molar-refractivity contribution is -0.115. The molecule has 2 unspecified atom stereocenters. The molecule has 3 aromatic rings. The second-order valence-electron chi connectivity index (χ2n) is 7.05. The maximum atomic E-state index is 12.7. The summed E-state index contributed by atoms with van der Waals surface area (Å²) < 4.78 is 1.97. The summed E-state index contributed by atoms with van der Waals surface area (Å²) >= 11 is 13.4. The van der Waals surface area contributed by atoms with Crippen LogP contribution in [0.5, 0.6) is 0 Å². The van der Waals surface area contributed by atoms with Gasteiger partial charge in [0.25, 0.3) is 0 Å². The lowest BCUT2D eigenvalue weighted by Crippen LogP contribution is -2.23. The lowest BCUT2D eigenvalue weighted by atomic mass is 10.2.